The molecule has 2 rings (SSSR count). The average Bonchev–Trinajstić information content (AvgIpc) is 2.56. The van der Waals surface area contributed by atoms with Crippen LogP contribution in [0.5, 0.6) is 0 Å². The van der Waals surface area contributed by atoms with E-state index in [1.807, 2.05) is 19.1 Å². The number of aromatic nitrogens is 1. The fourth-order valence-corrected chi connectivity index (χ4v) is 3.52. The second-order valence-electron chi connectivity index (χ2n) is 5.38. The van der Waals surface area contributed by atoms with Crippen LogP contribution >= 0.6 is 0 Å². The Bertz CT molecular complexity index is 703. The topological polar surface area (TPSA) is 59.1 Å². The van der Waals surface area contributed by atoms with Gasteiger partial charge in [-0.05, 0) is 36.2 Å². The molecule has 0 amide bonds. The van der Waals surface area contributed by atoms with E-state index in [1.54, 1.807) is 24.4 Å². The molecule has 0 bridgehead atoms. The van der Waals surface area contributed by atoms with Gasteiger partial charge >= 0.3 is 0 Å². The number of pyridine rings is 1. The predicted molar refractivity (Wildman–Crippen MR) is 89.2 cm³/mol. The first kappa shape index (κ1) is 17.6. The molecular weight excluding hydrogens is 315 g/mol. The van der Waals surface area contributed by atoms with E-state index in [1.165, 1.54) is 12.1 Å². The van der Waals surface area contributed by atoms with Crippen molar-refractivity contribution < 1.29 is 12.8 Å². The maximum absolute atomic E-state index is 13.1. The highest BCUT2D eigenvalue weighted by molar-refractivity contribution is 7.89. The molecule has 124 valence electrons. The smallest absolute Gasteiger partial charge is 0.211 e. The third-order valence-corrected chi connectivity index (χ3v) is 5.02. The molecule has 2 aromatic rings. The maximum atomic E-state index is 13.1. The molecule has 0 saturated carbocycles. The minimum atomic E-state index is -3.31. The number of benzene rings is 1. The number of sulfonamides is 1. The largest absolute Gasteiger partial charge is 0.261 e. The summed E-state index contributed by atoms with van der Waals surface area (Å²) in [7, 11) is -3.31. The SMILES string of the molecule is CCCCS(=O)(=O)NCC(c1ccc(F)cc1)c1ccccn1. The van der Waals surface area contributed by atoms with E-state index in [2.05, 4.69) is 9.71 Å². The van der Waals surface area contributed by atoms with Crippen molar-refractivity contribution in [2.75, 3.05) is 12.3 Å². The first-order valence-corrected chi connectivity index (χ1v) is 9.31. The van der Waals surface area contributed by atoms with Crippen molar-refractivity contribution in [3.05, 3.63) is 65.7 Å². The summed E-state index contributed by atoms with van der Waals surface area (Å²) in [6.45, 7) is 2.15. The maximum Gasteiger partial charge on any atom is 0.211 e. The van der Waals surface area contributed by atoms with Gasteiger partial charge < -0.3 is 0 Å². The molecule has 6 heteroatoms. The summed E-state index contributed by atoms with van der Waals surface area (Å²) >= 11 is 0. The quantitative estimate of drug-likeness (QED) is 0.806. The van der Waals surface area contributed by atoms with Gasteiger partial charge in [0.15, 0.2) is 0 Å². The molecule has 0 fully saturated rings. The molecule has 1 aromatic heterocycles. The van der Waals surface area contributed by atoms with Crippen molar-refractivity contribution in [2.45, 2.75) is 25.7 Å². The third kappa shape index (κ3) is 5.41. The Morgan fingerprint density at radius 2 is 1.91 bits per heavy atom. The van der Waals surface area contributed by atoms with Crippen LogP contribution in [0.1, 0.15) is 36.9 Å². The molecule has 0 aliphatic rings. The van der Waals surface area contributed by atoms with Gasteiger partial charge in [-0.3, -0.25) is 4.98 Å². The van der Waals surface area contributed by atoms with Crippen LogP contribution in [0.25, 0.3) is 0 Å². The van der Waals surface area contributed by atoms with Gasteiger partial charge in [-0.15, -0.1) is 0 Å². The van der Waals surface area contributed by atoms with E-state index in [9.17, 15) is 12.8 Å². The summed E-state index contributed by atoms with van der Waals surface area (Å²) in [5, 5.41) is 0. The normalized spacial score (nSPS) is 13.0. The van der Waals surface area contributed by atoms with Crippen LogP contribution in [0.4, 0.5) is 4.39 Å². The Morgan fingerprint density at radius 3 is 2.52 bits per heavy atom. The summed E-state index contributed by atoms with van der Waals surface area (Å²) in [6.07, 6.45) is 3.11. The molecule has 1 unspecified atom stereocenters. The van der Waals surface area contributed by atoms with Crippen LogP contribution in [0.3, 0.4) is 0 Å². The van der Waals surface area contributed by atoms with Gasteiger partial charge in [0, 0.05) is 24.4 Å². The van der Waals surface area contributed by atoms with Gasteiger partial charge in [-0.1, -0.05) is 31.5 Å². The minimum absolute atomic E-state index is 0.113. The number of nitrogens with zero attached hydrogens (tertiary/aromatic N) is 1. The lowest BCUT2D eigenvalue weighted by Crippen LogP contribution is -2.31. The molecular formula is C17H21FN2O2S. The zero-order valence-electron chi connectivity index (χ0n) is 13.1. The number of hydrogen-bond donors (Lipinski definition) is 1. The number of rotatable bonds is 8. The Labute approximate surface area is 136 Å². The highest BCUT2D eigenvalue weighted by Crippen LogP contribution is 2.22. The lowest BCUT2D eigenvalue weighted by molar-refractivity contribution is 0.573. The number of halogens is 1. The van der Waals surface area contributed by atoms with Crippen molar-refractivity contribution in [1.82, 2.24) is 9.71 Å². The molecule has 1 N–H and O–H groups in total. The van der Waals surface area contributed by atoms with Crippen molar-refractivity contribution in [2.24, 2.45) is 0 Å². The van der Waals surface area contributed by atoms with E-state index in [0.29, 0.717) is 6.42 Å². The second kappa shape index (κ2) is 8.17. The monoisotopic (exact) mass is 336 g/mol. The van der Waals surface area contributed by atoms with Crippen molar-refractivity contribution in [1.29, 1.82) is 0 Å². The fourth-order valence-electron chi connectivity index (χ4n) is 2.29. The molecule has 23 heavy (non-hydrogen) atoms. The molecule has 0 aliphatic heterocycles. The Hall–Kier alpha value is -1.79. The summed E-state index contributed by atoms with van der Waals surface area (Å²) in [5.41, 5.74) is 1.57. The van der Waals surface area contributed by atoms with Gasteiger partial charge in [0.1, 0.15) is 5.82 Å². The summed E-state index contributed by atoms with van der Waals surface area (Å²) in [4.78, 5) is 4.31. The van der Waals surface area contributed by atoms with E-state index in [0.717, 1.165) is 17.7 Å². The Kier molecular flexibility index (Phi) is 6.24. The van der Waals surface area contributed by atoms with Crippen LogP contribution in [0, 0.1) is 5.82 Å². The van der Waals surface area contributed by atoms with Crippen LogP contribution < -0.4 is 4.72 Å². The number of unbranched alkanes of at least 4 members (excludes halogenated alkanes) is 1. The fraction of sp³-hybridized carbons (Fsp3) is 0.353. The zero-order valence-corrected chi connectivity index (χ0v) is 13.9. The zero-order chi connectivity index (χ0) is 16.7. The highest BCUT2D eigenvalue weighted by Gasteiger charge is 2.19. The van der Waals surface area contributed by atoms with Crippen LogP contribution in [0.15, 0.2) is 48.7 Å². The van der Waals surface area contributed by atoms with E-state index in [-0.39, 0.29) is 24.0 Å². The Morgan fingerprint density at radius 1 is 1.17 bits per heavy atom. The van der Waals surface area contributed by atoms with Crippen LogP contribution in [-0.2, 0) is 10.0 Å². The lowest BCUT2D eigenvalue weighted by atomic mass is 9.95. The standard InChI is InChI=1S/C17H21FN2O2S/c1-2-3-12-23(21,22)20-13-16(17-6-4-5-11-19-17)14-7-9-15(18)10-8-14/h4-11,16,20H,2-3,12-13H2,1H3. The molecule has 1 aromatic carbocycles. The number of hydrogen-bond acceptors (Lipinski definition) is 3. The first-order valence-electron chi connectivity index (χ1n) is 7.65. The predicted octanol–water partition coefficient (Wildman–Crippen LogP) is 3.07. The third-order valence-electron chi connectivity index (χ3n) is 3.59. The second-order valence-corrected chi connectivity index (χ2v) is 7.31. The van der Waals surface area contributed by atoms with Gasteiger partial charge in [0.05, 0.1) is 5.75 Å². The van der Waals surface area contributed by atoms with Gasteiger partial charge in [0.2, 0.25) is 10.0 Å². The first-order chi connectivity index (χ1) is 11.0. The lowest BCUT2D eigenvalue weighted by Gasteiger charge is -2.18. The minimum Gasteiger partial charge on any atom is -0.261 e. The summed E-state index contributed by atoms with van der Waals surface area (Å²) < 4.78 is 39.8. The summed E-state index contributed by atoms with van der Waals surface area (Å²) in [5.74, 6) is -0.466. The van der Waals surface area contributed by atoms with E-state index >= 15 is 0 Å². The van der Waals surface area contributed by atoms with Crippen LogP contribution in [-0.4, -0.2) is 25.7 Å². The number of nitrogens with one attached hydrogen (secondary N) is 1. The Balaban J connectivity index is 2.20. The molecule has 0 aliphatic carbocycles. The van der Waals surface area contributed by atoms with Gasteiger partial charge in [-0.25, -0.2) is 17.5 Å². The van der Waals surface area contributed by atoms with Crippen molar-refractivity contribution in [3.63, 3.8) is 0 Å². The van der Waals surface area contributed by atoms with Crippen molar-refractivity contribution >= 4 is 10.0 Å². The summed E-state index contributed by atoms with van der Waals surface area (Å²) in [6, 6.07) is 11.6. The van der Waals surface area contributed by atoms with E-state index in [4.69, 9.17) is 0 Å². The van der Waals surface area contributed by atoms with Crippen molar-refractivity contribution in [3.8, 4) is 0 Å². The highest BCUT2D eigenvalue weighted by atomic mass is 32.2. The molecule has 1 heterocycles. The van der Waals surface area contributed by atoms with E-state index < -0.39 is 10.0 Å². The molecule has 0 spiro atoms. The van der Waals surface area contributed by atoms with Crippen LogP contribution in [0.2, 0.25) is 0 Å². The molecule has 1 atom stereocenters. The van der Waals surface area contributed by atoms with Gasteiger partial charge in [0.25, 0.3) is 0 Å². The average molecular weight is 336 g/mol. The molecule has 0 saturated heterocycles. The van der Waals surface area contributed by atoms with Gasteiger partial charge in [-0.2, -0.15) is 0 Å². The molecule has 0 radical (unpaired) electrons. The molecule has 4 nitrogen and oxygen atoms in total.